The molecule has 140 valence electrons. The van der Waals surface area contributed by atoms with E-state index in [1.165, 1.54) is 18.1 Å². The van der Waals surface area contributed by atoms with Crippen LogP contribution in [0.25, 0.3) is 5.69 Å². The van der Waals surface area contributed by atoms with Crippen molar-refractivity contribution in [3.05, 3.63) is 35.7 Å². The summed E-state index contributed by atoms with van der Waals surface area (Å²) in [6.07, 6.45) is 3.26. The van der Waals surface area contributed by atoms with Gasteiger partial charge in [-0.3, -0.25) is 14.3 Å². The zero-order valence-corrected chi connectivity index (χ0v) is 14.5. The Hall–Kier alpha value is -3.10. The minimum absolute atomic E-state index is 0.149. The molecule has 0 aliphatic carbocycles. The van der Waals surface area contributed by atoms with Gasteiger partial charge < -0.3 is 14.2 Å². The van der Waals surface area contributed by atoms with Gasteiger partial charge in [-0.05, 0) is 6.42 Å². The van der Waals surface area contributed by atoms with Crippen molar-refractivity contribution in [2.24, 2.45) is 0 Å². The molecule has 3 aliphatic rings. The number of aromatic nitrogens is 2. The number of benzene rings is 1. The van der Waals surface area contributed by atoms with Crippen molar-refractivity contribution in [3.8, 4) is 11.4 Å². The average Bonchev–Trinajstić information content (AvgIpc) is 3.35. The fraction of sp³-hybridized carbons (Fsp3) is 0.389. The van der Waals surface area contributed by atoms with Gasteiger partial charge in [-0.1, -0.05) is 0 Å². The highest BCUT2D eigenvalue weighted by Gasteiger charge is 2.49. The lowest BCUT2D eigenvalue weighted by Crippen LogP contribution is -2.33. The summed E-state index contributed by atoms with van der Waals surface area (Å²) >= 11 is 0. The van der Waals surface area contributed by atoms with Gasteiger partial charge in [0.1, 0.15) is 18.4 Å². The number of carbonyl (C=O) groups is 2. The van der Waals surface area contributed by atoms with Crippen LogP contribution in [0.3, 0.4) is 0 Å². The molecule has 1 saturated heterocycles. The predicted molar refractivity (Wildman–Crippen MR) is 89.3 cm³/mol. The van der Waals surface area contributed by atoms with Crippen LogP contribution in [0.4, 0.5) is 14.9 Å². The second-order valence-electron chi connectivity index (χ2n) is 6.71. The molecule has 0 bridgehead atoms. The maximum absolute atomic E-state index is 14.9. The lowest BCUT2D eigenvalue weighted by Gasteiger charge is -2.23. The number of methoxy groups -OCH3 is 1. The summed E-state index contributed by atoms with van der Waals surface area (Å²) in [5.74, 6) is 0.202. The highest BCUT2D eigenvalue weighted by atomic mass is 19.1. The van der Waals surface area contributed by atoms with Gasteiger partial charge in [0, 0.05) is 36.9 Å². The van der Waals surface area contributed by atoms with Crippen molar-refractivity contribution in [1.82, 2.24) is 9.55 Å². The molecule has 0 unspecified atom stereocenters. The van der Waals surface area contributed by atoms with Gasteiger partial charge >= 0.3 is 12.1 Å². The summed E-state index contributed by atoms with van der Waals surface area (Å²) in [5, 5.41) is 0. The van der Waals surface area contributed by atoms with Crippen LogP contribution in [-0.4, -0.2) is 40.9 Å². The van der Waals surface area contributed by atoms with E-state index in [2.05, 4.69) is 9.72 Å². The summed E-state index contributed by atoms with van der Waals surface area (Å²) in [6.45, 7) is 0.233. The van der Waals surface area contributed by atoms with Crippen LogP contribution in [0.5, 0.6) is 5.75 Å². The van der Waals surface area contributed by atoms with Crippen molar-refractivity contribution in [1.29, 1.82) is 0 Å². The number of imidazole rings is 1. The van der Waals surface area contributed by atoms with Crippen LogP contribution in [0.2, 0.25) is 0 Å². The Bertz CT molecular complexity index is 972. The molecule has 8 nitrogen and oxygen atoms in total. The van der Waals surface area contributed by atoms with E-state index in [-0.39, 0.29) is 25.0 Å². The summed E-state index contributed by atoms with van der Waals surface area (Å²) in [6, 6.07) is 1.05. The molecule has 0 radical (unpaired) electrons. The molecular weight excluding hydrogens is 357 g/mol. The molecule has 0 saturated carbocycles. The Morgan fingerprint density at radius 2 is 2.33 bits per heavy atom. The van der Waals surface area contributed by atoms with Gasteiger partial charge in [0.05, 0.1) is 18.8 Å². The SMILES string of the molecule is COC(=O)CC[C@@H]1OC(=O)N2c3cc(F)c4c(c3C[C@@H]12)OCc1nccn1-4. The number of cyclic esters (lactones) is 1. The van der Waals surface area contributed by atoms with E-state index < -0.39 is 18.0 Å². The number of esters is 1. The summed E-state index contributed by atoms with van der Waals surface area (Å²) in [7, 11) is 1.32. The third kappa shape index (κ3) is 2.23. The molecule has 5 rings (SSSR count). The minimum Gasteiger partial charge on any atom is -0.483 e. The smallest absolute Gasteiger partial charge is 0.415 e. The fourth-order valence-electron chi connectivity index (χ4n) is 4.11. The Morgan fingerprint density at radius 1 is 1.48 bits per heavy atom. The molecule has 9 heteroatoms. The van der Waals surface area contributed by atoms with Crippen LogP contribution in [-0.2, 0) is 27.3 Å². The molecule has 0 spiro atoms. The van der Waals surface area contributed by atoms with Gasteiger partial charge in [-0.2, -0.15) is 0 Å². The van der Waals surface area contributed by atoms with E-state index in [0.717, 1.165) is 5.56 Å². The summed E-state index contributed by atoms with van der Waals surface area (Å²) < 4.78 is 32.4. The fourth-order valence-corrected chi connectivity index (χ4v) is 4.11. The number of ether oxygens (including phenoxy) is 3. The van der Waals surface area contributed by atoms with E-state index in [4.69, 9.17) is 9.47 Å². The predicted octanol–water partition coefficient (Wildman–Crippen LogP) is 2.11. The number of hydrogen-bond acceptors (Lipinski definition) is 6. The molecule has 2 aromatic rings. The standard InChI is InChI=1S/C18H16FN3O5/c1-25-15(23)3-2-13-12-6-9-11(22(12)18(24)27-13)7-10(19)16-17(9)26-8-14-20-4-5-21(14)16/h4-5,7,12-13H,2-3,6,8H2,1H3/t12-,13-/m0/s1. The maximum atomic E-state index is 14.9. The second-order valence-corrected chi connectivity index (χ2v) is 6.71. The molecule has 0 N–H and O–H groups in total. The maximum Gasteiger partial charge on any atom is 0.415 e. The van der Waals surface area contributed by atoms with Gasteiger partial charge in [-0.15, -0.1) is 0 Å². The van der Waals surface area contributed by atoms with Crippen LogP contribution in [0, 0.1) is 5.82 Å². The number of carbonyl (C=O) groups excluding carboxylic acids is 2. The molecule has 4 heterocycles. The Kier molecular flexibility index (Phi) is 3.40. The second kappa shape index (κ2) is 5.70. The quantitative estimate of drug-likeness (QED) is 0.767. The van der Waals surface area contributed by atoms with E-state index >= 15 is 0 Å². The van der Waals surface area contributed by atoms with E-state index in [1.54, 1.807) is 17.0 Å². The molecule has 1 aromatic heterocycles. The average molecular weight is 373 g/mol. The molecule has 1 aromatic carbocycles. The Balaban J connectivity index is 1.53. The first-order chi connectivity index (χ1) is 13.1. The van der Waals surface area contributed by atoms with Crippen LogP contribution in [0.15, 0.2) is 18.5 Å². The van der Waals surface area contributed by atoms with Gasteiger partial charge in [0.25, 0.3) is 0 Å². The van der Waals surface area contributed by atoms with Crippen molar-refractivity contribution < 1.29 is 28.2 Å². The summed E-state index contributed by atoms with van der Waals surface area (Å²) in [4.78, 5) is 29.5. The highest BCUT2D eigenvalue weighted by Crippen LogP contribution is 2.48. The van der Waals surface area contributed by atoms with Crippen LogP contribution < -0.4 is 9.64 Å². The largest absolute Gasteiger partial charge is 0.483 e. The lowest BCUT2D eigenvalue weighted by molar-refractivity contribution is -0.141. The van der Waals surface area contributed by atoms with E-state index in [0.29, 0.717) is 35.8 Å². The molecule has 1 amide bonds. The molecular formula is C18H16FN3O5. The molecule has 3 aliphatic heterocycles. The first-order valence-electron chi connectivity index (χ1n) is 8.66. The van der Waals surface area contributed by atoms with Crippen molar-refractivity contribution >= 4 is 17.7 Å². The zero-order valence-electron chi connectivity index (χ0n) is 14.5. The van der Waals surface area contributed by atoms with E-state index in [1.807, 2.05) is 0 Å². The Morgan fingerprint density at radius 3 is 3.15 bits per heavy atom. The molecule has 27 heavy (non-hydrogen) atoms. The number of fused-ring (bicyclic) bond motifs is 7. The van der Waals surface area contributed by atoms with E-state index in [9.17, 15) is 14.0 Å². The van der Waals surface area contributed by atoms with Crippen molar-refractivity contribution in [2.75, 3.05) is 12.0 Å². The highest BCUT2D eigenvalue weighted by molar-refractivity contribution is 5.95. The third-order valence-corrected chi connectivity index (χ3v) is 5.34. The summed E-state index contributed by atoms with van der Waals surface area (Å²) in [5.41, 5.74) is 1.55. The number of anilines is 1. The number of rotatable bonds is 3. The number of hydrogen-bond donors (Lipinski definition) is 0. The zero-order chi connectivity index (χ0) is 18.7. The van der Waals surface area contributed by atoms with Gasteiger partial charge in [0.15, 0.2) is 17.4 Å². The monoisotopic (exact) mass is 373 g/mol. The number of halogens is 1. The minimum atomic E-state index is -0.535. The Labute approximate surface area is 153 Å². The molecule has 1 fully saturated rings. The number of amides is 1. The van der Waals surface area contributed by atoms with Crippen LogP contribution >= 0.6 is 0 Å². The normalized spacial score (nSPS) is 21.7. The van der Waals surface area contributed by atoms with Crippen molar-refractivity contribution in [2.45, 2.75) is 38.0 Å². The topological polar surface area (TPSA) is 82.9 Å². The van der Waals surface area contributed by atoms with Crippen molar-refractivity contribution in [3.63, 3.8) is 0 Å². The van der Waals surface area contributed by atoms with Crippen LogP contribution in [0.1, 0.15) is 24.2 Å². The van der Waals surface area contributed by atoms with Gasteiger partial charge in [-0.25, -0.2) is 14.2 Å². The van der Waals surface area contributed by atoms with Gasteiger partial charge in [0.2, 0.25) is 0 Å². The first-order valence-corrected chi connectivity index (χ1v) is 8.66. The number of nitrogens with zero attached hydrogens (tertiary/aromatic N) is 3. The first kappa shape index (κ1) is 16.1. The lowest BCUT2D eigenvalue weighted by atomic mass is 10.0. The third-order valence-electron chi connectivity index (χ3n) is 5.34. The molecule has 2 atom stereocenters.